The number of hydrogen-bond acceptors (Lipinski definition) is 2. The van der Waals surface area contributed by atoms with Crippen molar-refractivity contribution in [3.05, 3.63) is 0 Å². The highest BCUT2D eigenvalue weighted by atomic mass is 35.5. The second-order valence-electron chi connectivity index (χ2n) is 0.512. The molecule has 2 N–H and O–H groups in total. The topological polar surface area (TPSA) is 26.0 Å². The number of thiol groups is 1. The maximum absolute atomic E-state index is 4.95. The molecule has 0 saturated heterocycles. The molecule has 0 aliphatic heterocycles. The first kappa shape index (κ1) is 9.14. The number of halogens is 1. The average molecular weight is 118 g/mol. The summed E-state index contributed by atoms with van der Waals surface area (Å²) in [6.07, 6.45) is 0. The summed E-state index contributed by atoms with van der Waals surface area (Å²) in [4.78, 5) is 0. The second-order valence-corrected chi connectivity index (χ2v) is 0.959. The molecule has 3 heteroatoms. The molecule has 0 spiro atoms. The first-order valence-corrected chi connectivity index (χ1v) is 1.86. The minimum atomic E-state index is 0. The maximum Gasteiger partial charge on any atom is 0.00255 e. The Hall–Kier alpha value is 0.600. The fourth-order valence-corrected chi connectivity index (χ4v) is 0. The summed E-state index contributed by atoms with van der Waals surface area (Å²) in [6, 6.07) is 0. The Morgan fingerprint density at radius 2 is 1.80 bits per heavy atom. The van der Waals surface area contributed by atoms with E-state index in [0.29, 0.717) is 6.54 Å². The van der Waals surface area contributed by atoms with Crippen molar-refractivity contribution < 1.29 is 0 Å². The van der Waals surface area contributed by atoms with E-state index in [4.69, 9.17) is 5.73 Å². The molecule has 34 valence electrons. The third-order valence-corrected chi connectivity index (χ3v) is 0.387. The molecule has 0 aliphatic carbocycles. The van der Waals surface area contributed by atoms with E-state index in [1.807, 2.05) is 0 Å². The summed E-state index contributed by atoms with van der Waals surface area (Å²) in [5.41, 5.74) is 4.95. The monoisotopic (exact) mass is 117 g/mol. The number of nitrogens with two attached hydrogens (primary N) is 1. The molecule has 1 nitrogen and oxygen atoms in total. The summed E-state index contributed by atoms with van der Waals surface area (Å²) < 4.78 is 0. The van der Waals surface area contributed by atoms with Crippen LogP contribution in [0.25, 0.3) is 0 Å². The lowest BCUT2D eigenvalue weighted by atomic mass is 12.6. The molecule has 0 saturated carbocycles. The van der Waals surface area contributed by atoms with Crippen LogP contribution in [0.3, 0.4) is 0 Å². The van der Waals surface area contributed by atoms with E-state index in [1.165, 1.54) is 0 Å². The molecule has 0 atom stereocenters. The largest absolute Gasteiger partial charge is 0.330 e. The first-order valence-electron chi connectivity index (χ1n) is 1.22. The van der Waals surface area contributed by atoms with Crippen LogP contribution in [0.4, 0.5) is 0 Å². The summed E-state index contributed by atoms with van der Waals surface area (Å²) in [7, 11) is 0. The molecule has 0 aromatic carbocycles. The Balaban J connectivity index is 0. The van der Waals surface area contributed by atoms with E-state index >= 15 is 0 Å². The van der Waals surface area contributed by atoms with Crippen LogP contribution >= 0.6 is 25.0 Å². The van der Waals surface area contributed by atoms with Gasteiger partial charge in [0.15, 0.2) is 0 Å². The third kappa shape index (κ3) is 12.1. The zero-order valence-electron chi connectivity index (χ0n) is 2.85. The molecule has 0 heterocycles. The lowest BCUT2D eigenvalue weighted by Crippen LogP contribution is -1.97. The summed E-state index contributed by atoms with van der Waals surface area (Å²) in [6.45, 7) is 0.684. The van der Waals surface area contributed by atoms with Crippen molar-refractivity contribution in [2.75, 3.05) is 12.3 Å². The Labute approximate surface area is 43.8 Å². The highest BCUT2D eigenvalue weighted by Gasteiger charge is 1.56. The Bertz CT molecular complexity index is 11.6. The van der Waals surface area contributed by atoms with Crippen LogP contribution in [-0.2, 0) is 0 Å². The van der Waals surface area contributed by atoms with Gasteiger partial charge in [-0.05, 0) is 0 Å². The van der Waals surface area contributed by atoms with Crippen molar-refractivity contribution >= 4 is 25.0 Å². The molecule has 0 unspecified atom stereocenters. The maximum atomic E-state index is 4.95. The average Bonchev–Trinajstić information content (AvgIpc) is 1.37. The molecule has 0 aromatic rings. The summed E-state index contributed by atoms with van der Waals surface area (Å²) in [5, 5.41) is 0. The van der Waals surface area contributed by atoms with Crippen molar-refractivity contribution in [1.29, 1.82) is 0 Å². The number of rotatable bonds is 1. The zero-order chi connectivity index (χ0) is 3.41. The zero-order valence-corrected chi connectivity index (χ0v) is 4.56. The van der Waals surface area contributed by atoms with E-state index in [2.05, 4.69) is 12.6 Å². The molecule has 0 radical (unpaired) electrons. The van der Waals surface area contributed by atoms with Crippen molar-refractivity contribution in [3.63, 3.8) is 0 Å². The van der Waals surface area contributed by atoms with Crippen LogP contribution in [-0.4, -0.2) is 12.3 Å². The summed E-state index contributed by atoms with van der Waals surface area (Å²) >= 11 is 3.80. The fraction of sp³-hybridized carbons (Fsp3) is 1.00. The Kier molecular flexibility index (Phi) is 16.1. The molecule has 0 aliphatic rings. The molecule has 0 aromatic heterocycles. The Morgan fingerprint density at radius 3 is 1.80 bits per heavy atom. The normalized spacial score (nSPS) is 6.00. The first-order chi connectivity index (χ1) is 1.91. The van der Waals surface area contributed by atoms with Gasteiger partial charge in [0.1, 0.15) is 0 Å². The van der Waals surface area contributed by atoms with Crippen molar-refractivity contribution in [1.82, 2.24) is 0 Å². The molecule has 0 fully saturated rings. The second kappa shape index (κ2) is 8.82. The van der Waals surface area contributed by atoms with Gasteiger partial charge in [-0.2, -0.15) is 12.6 Å². The van der Waals surface area contributed by atoms with Gasteiger partial charge in [-0.1, -0.05) is 0 Å². The lowest BCUT2D eigenvalue weighted by molar-refractivity contribution is 1.16. The van der Waals surface area contributed by atoms with Gasteiger partial charge in [0.25, 0.3) is 0 Å². The van der Waals surface area contributed by atoms with E-state index in [0.717, 1.165) is 5.75 Å². The van der Waals surface area contributed by atoms with Gasteiger partial charge in [-0.15, -0.1) is 12.4 Å². The van der Waals surface area contributed by atoms with E-state index in [-0.39, 0.29) is 12.4 Å². The highest BCUT2D eigenvalue weighted by molar-refractivity contribution is 7.80. The number of hydrogen-bond donors (Lipinski definition) is 2. The van der Waals surface area contributed by atoms with E-state index in [1.54, 1.807) is 0 Å². The fourth-order valence-electron chi connectivity index (χ4n) is 0. The van der Waals surface area contributed by atoms with E-state index < -0.39 is 0 Å². The van der Waals surface area contributed by atoms with Crippen LogP contribution in [0.1, 0.15) is 0 Å². The van der Waals surface area contributed by atoms with Gasteiger partial charge in [0, 0.05) is 12.3 Å². The molecule has 5 heavy (non-hydrogen) atoms. The van der Waals surface area contributed by atoms with Gasteiger partial charge >= 0.3 is 0 Å². The Morgan fingerprint density at radius 1 is 1.60 bits per heavy atom. The molecule has 0 amide bonds. The minimum absolute atomic E-state index is 0. The van der Waals surface area contributed by atoms with E-state index in [9.17, 15) is 0 Å². The van der Waals surface area contributed by atoms with Crippen molar-refractivity contribution in [2.24, 2.45) is 5.73 Å². The molecule has 0 bridgehead atoms. The SMILES string of the molecule is Cl.N[14CH2][14CH2]S. The van der Waals surface area contributed by atoms with Crippen LogP contribution < -0.4 is 5.73 Å². The minimum Gasteiger partial charge on any atom is -0.330 e. The van der Waals surface area contributed by atoms with Crippen molar-refractivity contribution in [3.8, 4) is 0 Å². The van der Waals surface area contributed by atoms with Crippen LogP contribution in [0.2, 0.25) is 0 Å². The van der Waals surface area contributed by atoms with Crippen LogP contribution in [0, 0.1) is 0 Å². The molecule has 0 rings (SSSR count). The quantitative estimate of drug-likeness (QED) is 0.475. The van der Waals surface area contributed by atoms with Crippen molar-refractivity contribution in [2.45, 2.75) is 0 Å². The smallest absolute Gasteiger partial charge is 0.00255 e. The third-order valence-electron chi connectivity index (χ3n) is 0.129. The highest BCUT2D eigenvalue weighted by Crippen LogP contribution is 1.58. The predicted molar refractivity (Wildman–Crippen MR) is 30.2 cm³/mol. The summed E-state index contributed by atoms with van der Waals surface area (Å²) in [5.74, 6) is 0.792. The van der Waals surface area contributed by atoms with Gasteiger partial charge in [0.2, 0.25) is 0 Å². The van der Waals surface area contributed by atoms with Gasteiger partial charge in [0.05, 0.1) is 0 Å². The predicted octanol–water partition coefficient (Wildman–Crippen LogP) is 0.297. The van der Waals surface area contributed by atoms with Crippen LogP contribution in [0.15, 0.2) is 0 Å². The molecular formula is C2H8ClNS. The molecular weight excluding hydrogens is 110 g/mol. The van der Waals surface area contributed by atoms with Gasteiger partial charge < -0.3 is 5.73 Å². The van der Waals surface area contributed by atoms with Gasteiger partial charge in [-0.3, -0.25) is 0 Å². The lowest BCUT2D eigenvalue weighted by Gasteiger charge is -1.69. The van der Waals surface area contributed by atoms with Crippen LogP contribution in [0.5, 0.6) is 0 Å². The van der Waals surface area contributed by atoms with Gasteiger partial charge in [-0.25, -0.2) is 0 Å². The standard InChI is InChI=1S/C2H7NS.ClH/c3-1-2-4;/h4H,1-3H2;1H/i1+2,2+2;.